The second kappa shape index (κ2) is 9.09. The van der Waals surface area contributed by atoms with Crippen LogP contribution in [0.3, 0.4) is 0 Å². The molecule has 30 heavy (non-hydrogen) atoms. The van der Waals surface area contributed by atoms with E-state index in [1.54, 1.807) is 15.9 Å². The van der Waals surface area contributed by atoms with Crippen LogP contribution in [0, 0.1) is 5.82 Å². The predicted octanol–water partition coefficient (Wildman–Crippen LogP) is 4.06. The lowest BCUT2D eigenvalue weighted by Crippen LogP contribution is -2.50. The molecule has 1 aliphatic heterocycles. The number of thiophene rings is 1. The summed E-state index contributed by atoms with van der Waals surface area (Å²) >= 11 is 1.36. The summed E-state index contributed by atoms with van der Waals surface area (Å²) < 4.78 is 18.8. The average Bonchev–Trinajstić information content (AvgIpc) is 3.27. The maximum atomic E-state index is 13.1. The van der Waals surface area contributed by atoms with E-state index in [1.165, 1.54) is 35.6 Å². The molecule has 2 aromatic carbocycles. The Kier molecular flexibility index (Phi) is 6.09. The molecule has 2 amide bonds. The fourth-order valence-corrected chi connectivity index (χ4v) is 4.08. The molecule has 154 valence electrons. The van der Waals surface area contributed by atoms with E-state index in [0.717, 1.165) is 5.56 Å². The molecule has 4 rings (SSSR count). The largest absolute Gasteiger partial charge is 0.488 e. The first-order valence-electron chi connectivity index (χ1n) is 9.69. The molecule has 3 aromatic rings. The molecule has 2 heterocycles. The maximum Gasteiger partial charge on any atom is 0.264 e. The first kappa shape index (κ1) is 20.1. The summed E-state index contributed by atoms with van der Waals surface area (Å²) in [7, 11) is 0. The lowest BCUT2D eigenvalue weighted by Gasteiger charge is -2.34. The molecule has 0 radical (unpaired) electrons. The van der Waals surface area contributed by atoms with E-state index < -0.39 is 0 Å². The highest BCUT2D eigenvalue weighted by Gasteiger charge is 2.26. The molecule has 5 nitrogen and oxygen atoms in total. The fraction of sp³-hybridized carbons (Fsp3) is 0.217. The number of hydrogen-bond acceptors (Lipinski definition) is 4. The molecule has 0 aliphatic carbocycles. The molecular weight excluding hydrogens is 403 g/mol. The topological polar surface area (TPSA) is 49.9 Å². The number of ether oxygens (including phenoxy) is 1. The third-order valence-corrected chi connectivity index (χ3v) is 5.88. The number of benzene rings is 2. The van der Waals surface area contributed by atoms with Crippen LogP contribution in [-0.4, -0.2) is 47.8 Å². The van der Waals surface area contributed by atoms with Crippen molar-refractivity contribution in [3.63, 3.8) is 0 Å². The number of piperazine rings is 1. The van der Waals surface area contributed by atoms with Crippen molar-refractivity contribution in [2.24, 2.45) is 0 Å². The molecule has 1 aliphatic rings. The van der Waals surface area contributed by atoms with Crippen molar-refractivity contribution in [1.82, 2.24) is 9.80 Å². The van der Waals surface area contributed by atoms with Gasteiger partial charge < -0.3 is 14.5 Å². The highest BCUT2D eigenvalue weighted by atomic mass is 32.1. The Hall–Kier alpha value is -3.19. The monoisotopic (exact) mass is 424 g/mol. The van der Waals surface area contributed by atoms with Crippen molar-refractivity contribution in [3.05, 3.63) is 87.9 Å². The SMILES string of the molecule is O=C(c1ccc(F)cc1)N1CCN(C(=O)c2cc(OCc3ccccc3)cs2)CC1. The van der Waals surface area contributed by atoms with Gasteiger partial charge in [0.05, 0.1) is 4.88 Å². The van der Waals surface area contributed by atoms with Gasteiger partial charge in [-0.2, -0.15) is 0 Å². The van der Waals surface area contributed by atoms with Gasteiger partial charge in [-0.05, 0) is 29.8 Å². The Morgan fingerprint density at radius 2 is 1.53 bits per heavy atom. The quantitative estimate of drug-likeness (QED) is 0.621. The third kappa shape index (κ3) is 4.68. The van der Waals surface area contributed by atoms with Crippen molar-refractivity contribution in [2.75, 3.05) is 26.2 Å². The first-order chi connectivity index (χ1) is 14.6. The predicted molar refractivity (Wildman–Crippen MR) is 113 cm³/mol. The lowest BCUT2D eigenvalue weighted by atomic mass is 10.1. The number of rotatable bonds is 5. The van der Waals surface area contributed by atoms with Gasteiger partial charge >= 0.3 is 0 Å². The molecule has 0 N–H and O–H groups in total. The van der Waals surface area contributed by atoms with E-state index in [-0.39, 0.29) is 17.6 Å². The Morgan fingerprint density at radius 3 is 2.20 bits per heavy atom. The van der Waals surface area contributed by atoms with E-state index >= 15 is 0 Å². The number of carbonyl (C=O) groups excluding carboxylic acids is 2. The molecule has 7 heteroatoms. The number of halogens is 1. The summed E-state index contributed by atoms with van der Waals surface area (Å²) in [6.45, 7) is 2.28. The lowest BCUT2D eigenvalue weighted by molar-refractivity contribution is 0.0538. The Bertz CT molecular complexity index is 1010. The van der Waals surface area contributed by atoms with Gasteiger partial charge in [0.2, 0.25) is 0 Å². The van der Waals surface area contributed by atoms with Crippen LogP contribution in [0.25, 0.3) is 0 Å². The second-order valence-electron chi connectivity index (χ2n) is 7.01. The van der Waals surface area contributed by atoms with E-state index in [2.05, 4.69) is 0 Å². The van der Waals surface area contributed by atoms with Crippen molar-refractivity contribution < 1.29 is 18.7 Å². The van der Waals surface area contributed by atoms with Crippen LogP contribution in [0.1, 0.15) is 25.6 Å². The zero-order valence-corrected chi connectivity index (χ0v) is 17.1. The fourth-order valence-electron chi connectivity index (χ4n) is 3.29. The highest BCUT2D eigenvalue weighted by Crippen LogP contribution is 2.24. The Morgan fingerprint density at radius 1 is 0.900 bits per heavy atom. The van der Waals surface area contributed by atoms with Crippen LogP contribution >= 0.6 is 11.3 Å². The van der Waals surface area contributed by atoms with Crippen LogP contribution < -0.4 is 4.74 Å². The minimum atomic E-state index is -0.370. The molecule has 1 aromatic heterocycles. The van der Waals surface area contributed by atoms with Crippen molar-refractivity contribution in [3.8, 4) is 5.75 Å². The molecule has 1 saturated heterocycles. The van der Waals surface area contributed by atoms with Crippen molar-refractivity contribution >= 4 is 23.2 Å². The highest BCUT2D eigenvalue weighted by molar-refractivity contribution is 7.12. The summed E-state index contributed by atoms with van der Waals surface area (Å²) in [5.74, 6) is 0.112. The zero-order chi connectivity index (χ0) is 20.9. The third-order valence-electron chi connectivity index (χ3n) is 4.98. The van der Waals surface area contributed by atoms with Gasteiger partial charge in [0.15, 0.2) is 0 Å². The average molecular weight is 424 g/mol. The van der Waals surface area contributed by atoms with Crippen molar-refractivity contribution in [2.45, 2.75) is 6.61 Å². The van der Waals surface area contributed by atoms with Gasteiger partial charge in [-0.25, -0.2) is 4.39 Å². The van der Waals surface area contributed by atoms with Gasteiger partial charge in [0, 0.05) is 43.2 Å². The molecule has 1 fully saturated rings. The molecule has 0 spiro atoms. The summed E-state index contributed by atoms with van der Waals surface area (Å²) in [6.07, 6.45) is 0. The van der Waals surface area contributed by atoms with E-state index in [9.17, 15) is 14.0 Å². The zero-order valence-electron chi connectivity index (χ0n) is 16.3. The molecule has 0 atom stereocenters. The maximum absolute atomic E-state index is 13.1. The summed E-state index contributed by atoms with van der Waals surface area (Å²) in [5.41, 5.74) is 1.52. The molecular formula is C23H21FN2O3S. The smallest absolute Gasteiger partial charge is 0.264 e. The molecule has 0 saturated carbocycles. The number of amides is 2. The molecule has 0 unspecified atom stereocenters. The Labute approximate surface area is 178 Å². The normalized spacial score (nSPS) is 13.9. The standard InChI is InChI=1S/C23H21FN2O3S/c24-19-8-6-18(7-9-19)22(27)25-10-12-26(13-11-25)23(28)21-14-20(16-30-21)29-15-17-4-2-1-3-5-17/h1-9,14,16H,10-13,15H2. The minimum absolute atomic E-state index is 0.0524. The number of carbonyl (C=O) groups is 2. The first-order valence-corrected chi connectivity index (χ1v) is 10.6. The van der Waals surface area contributed by atoms with Gasteiger partial charge in [0.1, 0.15) is 18.2 Å². The molecule has 0 bridgehead atoms. The second-order valence-corrected chi connectivity index (χ2v) is 7.92. The minimum Gasteiger partial charge on any atom is -0.488 e. The Balaban J connectivity index is 1.30. The van der Waals surface area contributed by atoms with Crippen molar-refractivity contribution in [1.29, 1.82) is 0 Å². The van der Waals surface area contributed by atoms with Crippen LogP contribution in [0.5, 0.6) is 5.75 Å². The van der Waals surface area contributed by atoms with E-state index in [0.29, 0.717) is 49.0 Å². The van der Waals surface area contributed by atoms with Gasteiger partial charge in [-0.15, -0.1) is 11.3 Å². The summed E-state index contributed by atoms with van der Waals surface area (Å²) in [6, 6.07) is 17.2. The number of hydrogen-bond donors (Lipinski definition) is 0. The summed E-state index contributed by atoms with van der Waals surface area (Å²) in [5, 5.41) is 1.84. The van der Waals surface area contributed by atoms with Crippen LogP contribution in [0.4, 0.5) is 4.39 Å². The van der Waals surface area contributed by atoms with Gasteiger partial charge in [0.25, 0.3) is 11.8 Å². The van der Waals surface area contributed by atoms with Crippen LogP contribution in [0.2, 0.25) is 0 Å². The van der Waals surface area contributed by atoms with Crippen LogP contribution in [-0.2, 0) is 6.61 Å². The summed E-state index contributed by atoms with van der Waals surface area (Å²) in [4.78, 5) is 29.4. The van der Waals surface area contributed by atoms with E-state index in [1.807, 2.05) is 35.7 Å². The van der Waals surface area contributed by atoms with E-state index in [4.69, 9.17) is 4.74 Å². The van der Waals surface area contributed by atoms with Gasteiger partial charge in [-0.1, -0.05) is 30.3 Å². The number of nitrogens with zero attached hydrogens (tertiary/aromatic N) is 2. The van der Waals surface area contributed by atoms with Crippen LogP contribution in [0.15, 0.2) is 66.0 Å². The van der Waals surface area contributed by atoms with Gasteiger partial charge in [-0.3, -0.25) is 9.59 Å².